The molecule has 2 heterocycles. The summed E-state index contributed by atoms with van der Waals surface area (Å²) >= 11 is 0. The van der Waals surface area contributed by atoms with Crippen molar-refractivity contribution in [1.29, 1.82) is 0 Å². The number of hydrogen-bond donors (Lipinski definition) is 1. The van der Waals surface area contributed by atoms with Crippen molar-refractivity contribution >= 4 is 17.7 Å². The maximum atomic E-state index is 13.9. The SMILES string of the molecule is NC[C@H]1CN(c2ccc(N3CCOCC3F)cc2)C(C=O)O1. The van der Waals surface area contributed by atoms with Crippen molar-refractivity contribution in [3.63, 3.8) is 0 Å². The van der Waals surface area contributed by atoms with Gasteiger partial charge in [0.25, 0.3) is 0 Å². The standard InChI is InChI=1S/C15H20FN3O3/c16-14-10-21-6-5-18(14)11-1-3-12(4-2-11)19-8-13(7-17)22-15(19)9-20/h1-4,9,13-15H,5-8,10,17H2/t13-,14?,15?/m0/s1. The molecule has 2 aliphatic heterocycles. The topological polar surface area (TPSA) is 68.0 Å². The van der Waals surface area contributed by atoms with Gasteiger partial charge in [-0.25, -0.2) is 4.39 Å². The van der Waals surface area contributed by atoms with Crippen molar-refractivity contribution in [3.05, 3.63) is 24.3 Å². The quantitative estimate of drug-likeness (QED) is 0.645. The van der Waals surface area contributed by atoms with E-state index in [9.17, 15) is 9.18 Å². The highest BCUT2D eigenvalue weighted by Crippen LogP contribution is 2.27. The molecule has 0 spiro atoms. The predicted octanol–water partition coefficient (Wildman–Crippen LogP) is 0.508. The van der Waals surface area contributed by atoms with Gasteiger partial charge in [0.1, 0.15) is 0 Å². The molecule has 6 nitrogen and oxygen atoms in total. The van der Waals surface area contributed by atoms with Gasteiger partial charge < -0.3 is 25.0 Å². The largest absolute Gasteiger partial charge is 0.375 e. The van der Waals surface area contributed by atoms with Crippen LogP contribution in [-0.2, 0) is 14.3 Å². The molecule has 0 aliphatic carbocycles. The number of alkyl halides is 1. The van der Waals surface area contributed by atoms with Crippen molar-refractivity contribution in [3.8, 4) is 0 Å². The van der Waals surface area contributed by atoms with Gasteiger partial charge in [0.2, 0.25) is 0 Å². The van der Waals surface area contributed by atoms with Gasteiger partial charge in [-0.1, -0.05) is 0 Å². The van der Waals surface area contributed by atoms with E-state index >= 15 is 0 Å². The maximum absolute atomic E-state index is 13.9. The summed E-state index contributed by atoms with van der Waals surface area (Å²) < 4.78 is 24.5. The average Bonchev–Trinajstić information content (AvgIpc) is 2.99. The number of carbonyl (C=O) groups excluding carboxylic acids is 1. The first kappa shape index (κ1) is 15.2. The van der Waals surface area contributed by atoms with Gasteiger partial charge in [0, 0.05) is 31.0 Å². The number of nitrogens with two attached hydrogens (primary N) is 1. The lowest BCUT2D eigenvalue weighted by Gasteiger charge is -2.32. The molecule has 2 unspecified atom stereocenters. The fourth-order valence-corrected chi connectivity index (χ4v) is 2.82. The molecule has 3 atom stereocenters. The summed E-state index contributed by atoms with van der Waals surface area (Å²) in [6.45, 7) is 2.08. The smallest absolute Gasteiger partial charge is 0.196 e. The Balaban J connectivity index is 1.75. The second-order valence-electron chi connectivity index (χ2n) is 5.39. The van der Waals surface area contributed by atoms with Crippen molar-refractivity contribution in [2.24, 2.45) is 5.73 Å². The van der Waals surface area contributed by atoms with Gasteiger partial charge in [0.15, 0.2) is 18.8 Å². The summed E-state index contributed by atoms with van der Waals surface area (Å²) in [6.07, 6.45) is -1.12. The summed E-state index contributed by atoms with van der Waals surface area (Å²) in [7, 11) is 0. The van der Waals surface area contributed by atoms with Gasteiger partial charge in [-0.3, -0.25) is 4.79 Å². The third kappa shape index (κ3) is 2.92. The fourth-order valence-electron chi connectivity index (χ4n) is 2.82. The molecule has 0 saturated carbocycles. The normalized spacial score (nSPS) is 28.9. The lowest BCUT2D eigenvalue weighted by atomic mass is 10.2. The summed E-state index contributed by atoms with van der Waals surface area (Å²) in [4.78, 5) is 14.7. The first-order valence-corrected chi connectivity index (χ1v) is 7.39. The molecule has 0 bridgehead atoms. The maximum Gasteiger partial charge on any atom is 0.196 e. The Morgan fingerprint density at radius 3 is 2.55 bits per heavy atom. The molecular formula is C15H20FN3O3. The molecule has 2 aliphatic rings. The Morgan fingerprint density at radius 1 is 1.27 bits per heavy atom. The van der Waals surface area contributed by atoms with Crippen LogP contribution in [0.1, 0.15) is 0 Å². The van der Waals surface area contributed by atoms with E-state index in [0.717, 1.165) is 17.7 Å². The summed E-state index contributed by atoms with van der Waals surface area (Å²) in [6, 6.07) is 7.45. The van der Waals surface area contributed by atoms with Crippen LogP contribution < -0.4 is 15.5 Å². The van der Waals surface area contributed by atoms with E-state index in [1.807, 2.05) is 29.2 Å². The van der Waals surface area contributed by atoms with Gasteiger partial charge >= 0.3 is 0 Å². The van der Waals surface area contributed by atoms with E-state index in [1.54, 1.807) is 4.90 Å². The Labute approximate surface area is 128 Å². The number of hydrogen-bond acceptors (Lipinski definition) is 6. The van der Waals surface area contributed by atoms with Crippen molar-refractivity contribution in [1.82, 2.24) is 0 Å². The van der Waals surface area contributed by atoms with Crippen LogP contribution in [0, 0.1) is 0 Å². The third-order valence-corrected chi connectivity index (χ3v) is 4.00. The van der Waals surface area contributed by atoms with Crippen LogP contribution in [0.3, 0.4) is 0 Å². The monoisotopic (exact) mass is 309 g/mol. The molecule has 3 rings (SSSR count). The lowest BCUT2D eigenvalue weighted by molar-refractivity contribution is -0.117. The first-order chi connectivity index (χ1) is 10.7. The fraction of sp³-hybridized carbons (Fsp3) is 0.533. The number of carbonyl (C=O) groups is 1. The number of morpholine rings is 1. The molecule has 7 heteroatoms. The van der Waals surface area contributed by atoms with Crippen LogP contribution in [0.25, 0.3) is 0 Å². The highest BCUT2D eigenvalue weighted by atomic mass is 19.1. The zero-order valence-corrected chi connectivity index (χ0v) is 12.2. The Bertz CT molecular complexity index is 513. The Kier molecular flexibility index (Phi) is 4.56. The average molecular weight is 309 g/mol. The van der Waals surface area contributed by atoms with E-state index in [1.165, 1.54) is 0 Å². The van der Waals surface area contributed by atoms with Crippen LogP contribution >= 0.6 is 0 Å². The molecule has 0 aromatic heterocycles. The van der Waals surface area contributed by atoms with Crippen LogP contribution in [0.4, 0.5) is 15.8 Å². The van der Waals surface area contributed by atoms with Gasteiger partial charge in [-0.2, -0.15) is 0 Å². The number of rotatable bonds is 4. The molecule has 2 saturated heterocycles. The molecule has 120 valence electrons. The van der Waals surface area contributed by atoms with Crippen molar-refractivity contribution < 1.29 is 18.7 Å². The zero-order chi connectivity index (χ0) is 15.5. The first-order valence-electron chi connectivity index (χ1n) is 7.39. The van der Waals surface area contributed by atoms with E-state index in [2.05, 4.69) is 0 Å². The van der Waals surface area contributed by atoms with Gasteiger partial charge in [0.05, 0.1) is 19.3 Å². The van der Waals surface area contributed by atoms with E-state index in [4.69, 9.17) is 15.2 Å². The summed E-state index contributed by atoms with van der Waals surface area (Å²) in [5.74, 6) is 0. The van der Waals surface area contributed by atoms with Crippen LogP contribution in [0.2, 0.25) is 0 Å². The molecular weight excluding hydrogens is 289 g/mol. The Morgan fingerprint density at radius 2 is 1.95 bits per heavy atom. The van der Waals surface area contributed by atoms with Gasteiger partial charge in [-0.15, -0.1) is 0 Å². The molecule has 2 fully saturated rings. The number of anilines is 2. The van der Waals surface area contributed by atoms with E-state index < -0.39 is 12.5 Å². The van der Waals surface area contributed by atoms with Crippen molar-refractivity contribution in [2.45, 2.75) is 18.6 Å². The highest BCUT2D eigenvalue weighted by molar-refractivity contribution is 5.67. The lowest BCUT2D eigenvalue weighted by Crippen LogP contribution is -2.42. The predicted molar refractivity (Wildman–Crippen MR) is 80.6 cm³/mol. The molecule has 0 amide bonds. The highest BCUT2D eigenvalue weighted by Gasteiger charge is 2.32. The second-order valence-corrected chi connectivity index (χ2v) is 5.39. The number of benzene rings is 1. The molecule has 22 heavy (non-hydrogen) atoms. The molecule has 1 aromatic carbocycles. The number of aldehydes is 1. The number of ether oxygens (including phenoxy) is 2. The van der Waals surface area contributed by atoms with E-state index in [-0.39, 0.29) is 12.7 Å². The van der Waals surface area contributed by atoms with Gasteiger partial charge in [-0.05, 0) is 24.3 Å². The molecule has 0 radical (unpaired) electrons. The van der Waals surface area contributed by atoms with Crippen LogP contribution in [-0.4, -0.2) is 57.8 Å². The zero-order valence-electron chi connectivity index (χ0n) is 12.2. The minimum Gasteiger partial charge on any atom is -0.375 e. The second kappa shape index (κ2) is 6.60. The van der Waals surface area contributed by atoms with E-state index in [0.29, 0.717) is 26.2 Å². The van der Waals surface area contributed by atoms with Crippen molar-refractivity contribution in [2.75, 3.05) is 42.6 Å². The summed E-state index contributed by atoms with van der Waals surface area (Å²) in [5.41, 5.74) is 7.27. The summed E-state index contributed by atoms with van der Waals surface area (Å²) in [5, 5.41) is 0. The number of halogens is 1. The minimum absolute atomic E-state index is 0.0904. The molecule has 1 aromatic rings. The Hall–Kier alpha value is -1.70. The third-order valence-electron chi connectivity index (χ3n) is 4.00. The minimum atomic E-state index is -1.13. The molecule has 2 N–H and O–H groups in total. The van der Waals surface area contributed by atoms with Crippen LogP contribution in [0.15, 0.2) is 24.3 Å². The van der Waals surface area contributed by atoms with Crippen LogP contribution in [0.5, 0.6) is 0 Å². The number of nitrogens with zero attached hydrogens (tertiary/aromatic N) is 2.